The van der Waals surface area contributed by atoms with Crippen LogP contribution in [0.3, 0.4) is 0 Å². The summed E-state index contributed by atoms with van der Waals surface area (Å²) in [6.45, 7) is 11.5. The number of carbonyl (C=O) groups excluding carboxylic acids is 2. The smallest absolute Gasteiger partial charge is 0.270 e. The van der Waals surface area contributed by atoms with Crippen LogP contribution in [0.4, 0.5) is 11.4 Å². The topological polar surface area (TPSA) is 95.8 Å². The summed E-state index contributed by atoms with van der Waals surface area (Å²) < 4.78 is 0. The van der Waals surface area contributed by atoms with E-state index >= 15 is 0 Å². The zero-order chi connectivity index (χ0) is 30.7. The third-order valence-corrected chi connectivity index (χ3v) is 8.45. The lowest BCUT2D eigenvalue weighted by atomic mass is 9.97. The molecule has 0 bridgehead atoms. The van der Waals surface area contributed by atoms with Crippen LogP contribution < -0.4 is 15.1 Å². The lowest BCUT2D eigenvalue weighted by molar-refractivity contribution is -0.128. The molecule has 9 nitrogen and oxygen atoms in total. The molecule has 9 heteroatoms. The molecule has 0 spiro atoms. The van der Waals surface area contributed by atoms with Crippen LogP contribution in [-0.4, -0.2) is 85.5 Å². The first-order valence-corrected chi connectivity index (χ1v) is 15.0. The minimum Gasteiger partial charge on any atom is -0.367 e. The Kier molecular flexibility index (Phi) is 8.97. The van der Waals surface area contributed by atoms with Crippen molar-refractivity contribution in [3.8, 4) is 6.07 Å². The Bertz CT molecular complexity index is 1570. The highest BCUT2D eigenvalue weighted by atomic mass is 16.2. The fraction of sp³-hybridized carbons (Fsp3) is 0.412. The van der Waals surface area contributed by atoms with Crippen LogP contribution in [0, 0.1) is 18.3 Å². The van der Waals surface area contributed by atoms with Crippen LogP contribution in [0.2, 0.25) is 0 Å². The molecule has 1 saturated heterocycles. The number of amides is 2. The van der Waals surface area contributed by atoms with Gasteiger partial charge in [-0.2, -0.15) is 5.26 Å². The van der Waals surface area contributed by atoms with Gasteiger partial charge < -0.3 is 24.9 Å². The van der Waals surface area contributed by atoms with Crippen molar-refractivity contribution in [2.45, 2.75) is 45.3 Å². The summed E-state index contributed by atoms with van der Waals surface area (Å²) in [6.07, 6.45) is 2.32. The molecule has 2 aromatic carbocycles. The molecule has 0 radical (unpaired) electrons. The summed E-state index contributed by atoms with van der Waals surface area (Å²) in [5.74, 6) is -0.363. The fourth-order valence-electron chi connectivity index (χ4n) is 6.55. The molecule has 1 fully saturated rings. The molecule has 1 aromatic heterocycles. The highest BCUT2D eigenvalue weighted by Gasteiger charge is 2.33. The van der Waals surface area contributed by atoms with Crippen molar-refractivity contribution in [2.75, 3.05) is 56.6 Å². The third kappa shape index (κ3) is 6.35. The van der Waals surface area contributed by atoms with E-state index in [2.05, 4.69) is 71.1 Å². The van der Waals surface area contributed by atoms with Gasteiger partial charge in [0.05, 0.1) is 30.8 Å². The van der Waals surface area contributed by atoms with Crippen molar-refractivity contribution in [1.29, 1.82) is 5.26 Å². The van der Waals surface area contributed by atoms with Crippen LogP contribution in [0.1, 0.15) is 40.7 Å². The first kappa shape index (κ1) is 30.1. The van der Waals surface area contributed by atoms with Crippen molar-refractivity contribution >= 4 is 34.0 Å². The first-order valence-electron chi connectivity index (χ1n) is 15.0. The van der Waals surface area contributed by atoms with Gasteiger partial charge in [-0.05, 0) is 63.5 Å². The number of hydrogen-bond acceptors (Lipinski definition) is 7. The third-order valence-electron chi connectivity index (χ3n) is 8.45. The van der Waals surface area contributed by atoms with Crippen LogP contribution in [-0.2, 0) is 17.8 Å². The first-order chi connectivity index (χ1) is 20.7. The van der Waals surface area contributed by atoms with E-state index in [0.717, 1.165) is 29.9 Å². The lowest BCUT2D eigenvalue weighted by Gasteiger charge is -2.43. The number of anilines is 2. The summed E-state index contributed by atoms with van der Waals surface area (Å²) >= 11 is 0. The van der Waals surface area contributed by atoms with E-state index in [9.17, 15) is 14.9 Å². The van der Waals surface area contributed by atoms with Crippen molar-refractivity contribution in [3.05, 3.63) is 77.6 Å². The maximum absolute atomic E-state index is 13.5. The van der Waals surface area contributed by atoms with Gasteiger partial charge in [0.1, 0.15) is 5.69 Å². The van der Waals surface area contributed by atoms with Crippen LogP contribution in [0.25, 0.3) is 10.8 Å². The molecule has 0 aliphatic carbocycles. The van der Waals surface area contributed by atoms with E-state index in [4.69, 9.17) is 4.98 Å². The summed E-state index contributed by atoms with van der Waals surface area (Å²) in [4.78, 5) is 39.4. The van der Waals surface area contributed by atoms with Crippen LogP contribution >= 0.6 is 0 Å². The number of piperazine rings is 1. The second-order valence-corrected chi connectivity index (χ2v) is 11.9. The van der Waals surface area contributed by atoms with E-state index in [1.807, 2.05) is 32.0 Å². The Hall–Kier alpha value is -4.42. The molecular formula is C34H41N7O2. The number of benzene rings is 2. The molecule has 2 atom stereocenters. The van der Waals surface area contributed by atoms with E-state index in [-0.39, 0.29) is 30.3 Å². The minimum atomic E-state index is -0.260. The van der Waals surface area contributed by atoms with E-state index < -0.39 is 0 Å². The largest absolute Gasteiger partial charge is 0.367 e. The number of nitrogens with zero attached hydrogens (tertiary/aromatic N) is 6. The molecule has 0 saturated carbocycles. The normalized spacial score (nSPS) is 17.4. The highest BCUT2D eigenvalue weighted by molar-refractivity contribution is 5.97. The van der Waals surface area contributed by atoms with Gasteiger partial charge in [-0.1, -0.05) is 36.9 Å². The predicted molar refractivity (Wildman–Crippen MR) is 171 cm³/mol. The molecule has 2 aliphatic heterocycles. The maximum atomic E-state index is 13.5. The molecule has 5 rings (SSSR count). The zero-order valence-corrected chi connectivity index (χ0v) is 25.6. The minimum absolute atomic E-state index is 0.0487. The fourth-order valence-corrected chi connectivity index (χ4v) is 6.55. The number of aromatic nitrogens is 1. The number of fused-ring (bicyclic) bond motifs is 2. The quantitative estimate of drug-likeness (QED) is 0.405. The standard InChI is InChI=1S/C34H41N7O2/c1-6-32(42)41-18-17-40(21-26(41)13-15-35)31-19-28(34(43)36-24(3)20-38(4)5)37-29-22-39(16-14-27(29)31)30-12-8-11-25-10-7-9-23(2)33(25)30/h6-12,19,24,26H,1,13-14,16-18,20-22H2,2-5H3,(H,36,43)/t24-,26+/m1/s1. The summed E-state index contributed by atoms with van der Waals surface area (Å²) in [5.41, 5.74) is 5.77. The summed E-state index contributed by atoms with van der Waals surface area (Å²) in [7, 11) is 3.96. The van der Waals surface area contributed by atoms with Crippen molar-refractivity contribution in [1.82, 2.24) is 20.1 Å². The average molecular weight is 580 g/mol. The number of rotatable bonds is 8. The Labute approximate surface area is 254 Å². The molecule has 43 heavy (non-hydrogen) atoms. The van der Waals surface area contributed by atoms with Gasteiger partial charge in [0.15, 0.2) is 0 Å². The van der Waals surface area contributed by atoms with Crippen molar-refractivity contribution in [3.63, 3.8) is 0 Å². The second kappa shape index (κ2) is 12.8. The van der Waals surface area contributed by atoms with Gasteiger partial charge >= 0.3 is 0 Å². The van der Waals surface area contributed by atoms with E-state index in [1.54, 1.807) is 4.90 Å². The number of aryl methyl sites for hydroxylation is 1. The Morgan fingerprint density at radius 1 is 1.16 bits per heavy atom. The van der Waals surface area contributed by atoms with Gasteiger partial charge in [-0.15, -0.1) is 0 Å². The highest BCUT2D eigenvalue weighted by Crippen LogP contribution is 2.36. The predicted octanol–water partition coefficient (Wildman–Crippen LogP) is 3.90. The number of pyridine rings is 1. The maximum Gasteiger partial charge on any atom is 0.270 e. The molecule has 3 aromatic rings. The van der Waals surface area contributed by atoms with Crippen LogP contribution in [0.5, 0.6) is 0 Å². The van der Waals surface area contributed by atoms with Gasteiger partial charge in [0.2, 0.25) is 5.91 Å². The molecule has 224 valence electrons. The number of likely N-dealkylation sites (N-methyl/N-ethyl adjacent to an activating group) is 1. The van der Waals surface area contributed by atoms with Gasteiger partial charge in [-0.3, -0.25) is 9.59 Å². The van der Waals surface area contributed by atoms with Gasteiger partial charge in [0.25, 0.3) is 5.91 Å². The Morgan fingerprint density at radius 3 is 2.65 bits per heavy atom. The second-order valence-electron chi connectivity index (χ2n) is 11.9. The van der Waals surface area contributed by atoms with E-state index in [0.29, 0.717) is 38.4 Å². The molecule has 2 aliphatic rings. The number of hydrogen-bond donors (Lipinski definition) is 1. The summed E-state index contributed by atoms with van der Waals surface area (Å²) in [6, 6.07) is 16.6. The Balaban J connectivity index is 1.53. The molecule has 3 heterocycles. The van der Waals surface area contributed by atoms with E-state index in [1.165, 1.54) is 28.1 Å². The van der Waals surface area contributed by atoms with Crippen molar-refractivity contribution in [2.24, 2.45) is 0 Å². The van der Waals surface area contributed by atoms with Gasteiger partial charge in [-0.25, -0.2) is 4.98 Å². The molecule has 2 amide bonds. The number of nitrogens with one attached hydrogen (secondary N) is 1. The Morgan fingerprint density at radius 2 is 1.93 bits per heavy atom. The van der Waals surface area contributed by atoms with Crippen molar-refractivity contribution < 1.29 is 9.59 Å². The van der Waals surface area contributed by atoms with Gasteiger partial charge in [0, 0.05) is 61.1 Å². The monoisotopic (exact) mass is 579 g/mol. The zero-order valence-electron chi connectivity index (χ0n) is 25.6. The SMILES string of the molecule is C=CC(=O)N1CCN(c2cc(C(=O)N[C@H](C)CN(C)C)nc3c2CCN(c2cccc4cccc(C)c24)C3)C[C@@H]1CC#N. The molecular weight excluding hydrogens is 538 g/mol. The average Bonchev–Trinajstić information content (AvgIpc) is 2.99. The summed E-state index contributed by atoms with van der Waals surface area (Å²) in [5, 5.41) is 15.1. The van der Waals surface area contributed by atoms with Crippen LogP contribution in [0.15, 0.2) is 55.1 Å². The lowest BCUT2D eigenvalue weighted by Crippen LogP contribution is -2.55. The number of carbonyl (C=O) groups is 2. The molecule has 1 N–H and O–H groups in total. The number of nitriles is 1. The molecule has 0 unspecified atom stereocenters.